The topological polar surface area (TPSA) is 57.7 Å². The van der Waals surface area contributed by atoms with E-state index in [2.05, 4.69) is 26.7 Å². The Bertz CT molecular complexity index is 995. The Labute approximate surface area is 161 Å². The normalized spacial score (nSPS) is 16.6. The van der Waals surface area contributed by atoms with E-state index in [0.29, 0.717) is 26.3 Å². The van der Waals surface area contributed by atoms with Crippen LogP contribution in [0.5, 0.6) is 0 Å². The van der Waals surface area contributed by atoms with Crippen LogP contribution in [0.4, 0.5) is 16.3 Å². The molecule has 0 unspecified atom stereocenters. The first-order valence-corrected chi connectivity index (χ1v) is 9.90. The summed E-state index contributed by atoms with van der Waals surface area (Å²) in [5.74, 6) is 1.04. The number of anilines is 2. The monoisotopic (exact) mass is 380 g/mol. The fourth-order valence-corrected chi connectivity index (χ4v) is 4.47. The maximum Gasteiger partial charge on any atom is 0.321 e. The average molecular weight is 380 g/mol. The van der Waals surface area contributed by atoms with Crippen LogP contribution in [0.25, 0.3) is 10.1 Å². The molecular formula is C20H20N4O2S. The van der Waals surface area contributed by atoms with Crippen LogP contribution in [-0.2, 0) is 18.0 Å². The van der Waals surface area contributed by atoms with E-state index in [1.165, 1.54) is 27.2 Å². The highest BCUT2D eigenvalue weighted by Crippen LogP contribution is 2.30. The summed E-state index contributed by atoms with van der Waals surface area (Å²) in [5.41, 5.74) is 3.20. The molecule has 1 N–H and O–H groups in total. The zero-order valence-electron chi connectivity index (χ0n) is 14.9. The molecule has 2 aromatic carbocycles. The summed E-state index contributed by atoms with van der Waals surface area (Å²) in [6.07, 6.45) is 0. The minimum Gasteiger partial charge on any atom is -0.372 e. The maximum atomic E-state index is 12.6. The van der Waals surface area contributed by atoms with Gasteiger partial charge in [-0.15, -0.1) is 0 Å². The lowest BCUT2D eigenvalue weighted by atomic mass is 10.1. The number of ether oxygens (including phenoxy) is 1. The molecule has 1 aromatic heterocycles. The number of aromatic nitrogens is 1. The summed E-state index contributed by atoms with van der Waals surface area (Å²) in [6, 6.07) is 14.2. The molecule has 3 aromatic rings. The molecule has 1 saturated heterocycles. The van der Waals surface area contributed by atoms with Gasteiger partial charge < -0.3 is 19.9 Å². The highest BCUT2D eigenvalue weighted by Gasteiger charge is 2.24. The lowest BCUT2D eigenvalue weighted by molar-refractivity contribution is 0.134. The number of rotatable bonds is 2. The minimum atomic E-state index is -0.0448. The second kappa shape index (κ2) is 6.83. The number of urea groups is 1. The van der Waals surface area contributed by atoms with Crippen LogP contribution in [0.2, 0.25) is 0 Å². The van der Waals surface area contributed by atoms with E-state index in [9.17, 15) is 4.79 Å². The molecule has 27 heavy (non-hydrogen) atoms. The van der Waals surface area contributed by atoms with E-state index in [1.54, 1.807) is 0 Å². The summed E-state index contributed by atoms with van der Waals surface area (Å²) < 4.78 is 11.3. The van der Waals surface area contributed by atoms with E-state index < -0.39 is 0 Å². The van der Waals surface area contributed by atoms with Gasteiger partial charge in [-0.25, -0.2) is 4.79 Å². The van der Waals surface area contributed by atoms with Gasteiger partial charge in [0.05, 0.1) is 17.9 Å². The summed E-state index contributed by atoms with van der Waals surface area (Å²) in [6.45, 7) is 4.24. The van der Waals surface area contributed by atoms with Crippen LogP contribution in [0.3, 0.4) is 0 Å². The van der Waals surface area contributed by atoms with Crippen molar-refractivity contribution in [2.24, 2.45) is 0 Å². The zero-order chi connectivity index (χ0) is 18.2. The van der Waals surface area contributed by atoms with Gasteiger partial charge in [-0.05, 0) is 46.9 Å². The molecule has 1 fully saturated rings. The van der Waals surface area contributed by atoms with Crippen molar-refractivity contribution in [1.29, 1.82) is 0 Å². The zero-order valence-corrected chi connectivity index (χ0v) is 15.7. The van der Waals surface area contributed by atoms with E-state index in [4.69, 9.17) is 4.74 Å². The van der Waals surface area contributed by atoms with Crippen LogP contribution in [0, 0.1) is 0 Å². The van der Waals surface area contributed by atoms with Crippen molar-refractivity contribution in [1.82, 2.24) is 9.27 Å². The Morgan fingerprint density at radius 1 is 1.04 bits per heavy atom. The van der Waals surface area contributed by atoms with Crippen LogP contribution in [0.15, 0.2) is 42.5 Å². The van der Waals surface area contributed by atoms with E-state index in [0.717, 1.165) is 30.2 Å². The first-order valence-electron chi connectivity index (χ1n) is 9.13. The maximum absolute atomic E-state index is 12.6. The molecule has 0 radical (unpaired) electrons. The number of hydrogen-bond donors (Lipinski definition) is 1. The third-order valence-electron chi connectivity index (χ3n) is 5.20. The summed E-state index contributed by atoms with van der Waals surface area (Å²) >= 11 is 1.53. The van der Waals surface area contributed by atoms with Crippen LogP contribution < -0.4 is 10.2 Å². The number of nitrogens with zero attached hydrogens (tertiary/aromatic N) is 3. The van der Waals surface area contributed by atoms with Gasteiger partial charge in [-0.3, -0.25) is 0 Å². The summed E-state index contributed by atoms with van der Waals surface area (Å²) in [4.78, 5) is 16.8. The van der Waals surface area contributed by atoms with Gasteiger partial charge in [-0.1, -0.05) is 18.2 Å². The number of carbonyl (C=O) groups excluding carboxylic acids is 1. The Morgan fingerprint density at radius 2 is 1.85 bits per heavy atom. The van der Waals surface area contributed by atoms with Gasteiger partial charge in [0.15, 0.2) is 0 Å². The van der Waals surface area contributed by atoms with Crippen molar-refractivity contribution in [3.63, 3.8) is 0 Å². The molecule has 3 heterocycles. The van der Waals surface area contributed by atoms with Gasteiger partial charge in [-0.2, -0.15) is 4.37 Å². The number of carbonyl (C=O) groups is 1. The molecule has 0 spiro atoms. The summed E-state index contributed by atoms with van der Waals surface area (Å²) in [5, 5.41) is 4.22. The molecule has 0 saturated carbocycles. The fourth-order valence-electron chi connectivity index (χ4n) is 3.67. The van der Waals surface area contributed by atoms with Gasteiger partial charge in [0.2, 0.25) is 0 Å². The second-order valence-corrected chi connectivity index (χ2v) is 7.69. The Balaban J connectivity index is 1.23. The molecule has 2 aliphatic heterocycles. The molecule has 6 nitrogen and oxygen atoms in total. The number of piperazine rings is 1. The van der Waals surface area contributed by atoms with Crippen molar-refractivity contribution in [2.45, 2.75) is 13.2 Å². The predicted molar refractivity (Wildman–Crippen MR) is 107 cm³/mol. The van der Waals surface area contributed by atoms with Crippen molar-refractivity contribution in [3.8, 4) is 0 Å². The molecule has 138 valence electrons. The molecular weight excluding hydrogens is 360 g/mol. The van der Waals surface area contributed by atoms with Crippen molar-refractivity contribution >= 4 is 39.2 Å². The van der Waals surface area contributed by atoms with Gasteiger partial charge >= 0.3 is 6.03 Å². The Morgan fingerprint density at radius 3 is 2.74 bits per heavy atom. The number of nitrogens with one attached hydrogen (secondary N) is 1. The smallest absolute Gasteiger partial charge is 0.321 e. The fraction of sp³-hybridized carbons (Fsp3) is 0.300. The minimum absolute atomic E-state index is 0.0448. The lowest BCUT2D eigenvalue weighted by Crippen LogP contribution is -2.50. The van der Waals surface area contributed by atoms with Crippen LogP contribution in [-0.4, -0.2) is 41.5 Å². The largest absolute Gasteiger partial charge is 0.372 e. The van der Waals surface area contributed by atoms with E-state index in [-0.39, 0.29) is 6.03 Å². The van der Waals surface area contributed by atoms with Crippen molar-refractivity contribution in [3.05, 3.63) is 53.6 Å². The van der Waals surface area contributed by atoms with Gasteiger partial charge in [0.1, 0.15) is 5.82 Å². The quantitative estimate of drug-likeness (QED) is 0.737. The van der Waals surface area contributed by atoms with Crippen molar-refractivity contribution < 1.29 is 9.53 Å². The lowest BCUT2D eigenvalue weighted by Gasteiger charge is -2.35. The molecule has 0 bridgehead atoms. The summed E-state index contributed by atoms with van der Waals surface area (Å²) in [7, 11) is 0. The van der Waals surface area contributed by atoms with Crippen LogP contribution >= 0.6 is 11.5 Å². The number of amides is 2. The molecule has 0 atom stereocenters. The molecule has 0 aliphatic carbocycles. The Kier molecular flexibility index (Phi) is 4.18. The molecule has 2 aliphatic rings. The SMILES string of the molecule is O=C(Nc1ccc2c(c1)COC2)N1CCN(c2nsc3ccccc23)CC1. The molecule has 5 rings (SSSR count). The third kappa shape index (κ3) is 3.13. The number of hydrogen-bond acceptors (Lipinski definition) is 5. The standard InChI is InChI=1S/C20H20N4O2S/c25-20(21-16-6-5-14-12-26-13-15(14)11-16)24-9-7-23(8-10-24)19-17-3-1-2-4-18(17)27-22-19/h1-6,11H,7-10,12-13H2,(H,21,25). The van der Waals surface area contributed by atoms with Crippen LogP contribution in [0.1, 0.15) is 11.1 Å². The van der Waals surface area contributed by atoms with E-state index in [1.807, 2.05) is 35.2 Å². The Hall–Kier alpha value is -2.64. The molecule has 2 amide bonds. The third-order valence-corrected chi connectivity index (χ3v) is 6.01. The van der Waals surface area contributed by atoms with Crippen molar-refractivity contribution in [2.75, 3.05) is 36.4 Å². The average Bonchev–Trinajstić information content (AvgIpc) is 3.34. The second-order valence-electron chi connectivity index (χ2n) is 6.88. The van der Waals surface area contributed by atoms with E-state index >= 15 is 0 Å². The first-order chi connectivity index (χ1) is 13.3. The number of benzene rings is 2. The predicted octanol–water partition coefficient (Wildman–Crippen LogP) is 3.68. The highest BCUT2D eigenvalue weighted by molar-refractivity contribution is 7.13. The first kappa shape index (κ1) is 16.5. The number of fused-ring (bicyclic) bond motifs is 2. The van der Waals surface area contributed by atoms with Gasteiger partial charge in [0.25, 0.3) is 0 Å². The van der Waals surface area contributed by atoms with Gasteiger partial charge in [0, 0.05) is 37.3 Å². The molecule has 7 heteroatoms. The highest BCUT2D eigenvalue weighted by atomic mass is 32.1.